The quantitative estimate of drug-likeness (QED) is 0.522. The Morgan fingerprint density at radius 1 is 0.607 bits per heavy atom. The lowest BCUT2D eigenvalue weighted by Crippen LogP contribution is -2.39. The summed E-state index contributed by atoms with van der Waals surface area (Å²) >= 11 is 0. The lowest BCUT2D eigenvalue weighted by Gasteiger charge is -2.26. The predicted octanol–water partition coefficient (Wildman–Crippen LogP) is 7.80. The molecule has 2 aliphatic rings. The molecule has 0 aliphatic heterocycles. The Balaban J connectivity index is 1.79. The van der Waals surface area contributed by atoms with E-state index in [0.29, 0.717) is 11.9 Å². The third kappa shape index (κ3) is 9.79. The molecule has 2 heteroatoms. The van der Waals surface area contributed by atoms with Crippen molar-refractivity contribution in [3.63, 3.8) is 0 Å². The summed E-state index contributed by atoms with van der Waals surface area (Å²) in [6, 6.07) is 0.438. The van der Waals surface area contributed by atoms with Gasteiger partial charge < -0.3 is 5.32 Å². The summed E-state index contributed by atoms with van der Waals surface area (Å²) in [4.78, 5) is 13.1. The highest BCUT2D eigenvalue weighted by atomic mass is 16.1. The molecule has 0 aromatic carbocycles. The van der Waals surface area contributed by atoms with E-state index in [-0.39, 0.29) is 5.92 Å². The SMILES string of the molecule is CC(C)C1CCCCC(C(=O)NC2CCCCCCCCCCC2)CCCC1. The zero-order valence-electron chi connectivity index (χ0n) is 19.2. The van der Waals surface area contributed by atoms with Crippen LogP contribution < -0.4 is 5.32 Å². The third-order valence-corrected chi connectivity index (χ3v) is 7.52. The van der Waals surface area contributed by atoms with Crippen LogP contribution in [0.1, 0.15) is 136 Å². The molecule has 2 fully saturated rings. The molecule has 0 heterocycles. The van der Waals surface area contributed by atoms with E-state index in [1.807, 2.05) is 0 Å². The van der Waals surface area contributed by atoms with Crippen LogP contribution in [0.5, 0.6) is 0 Å². The van der Waals surface area contributed by atoms with E-state index in [2.05, 4.69) is 19.2 Å². The first-order valence-corrected chi connectivity index (χ1v) is 13.0. The van der Waals surface area contributed by atoms with E-state index in [1.165, 1.54) is 109 Å². The lowest BCUT2D eigenvalue weighted by molar-refractivity contribution is -0.126. The summed E-state index contributed by atoms with van der Waals surface area (Å²) in [6.07, 6.45) is 24.8. The van der Waals surface area contributed by atoms with Gasteiger partial charge in [-0.05, 0) is 37.5 Å². The second-order valence-corrected chi connectivity index (χ2v) is 10.2. The number of hydrogen-bond acceptors (Lipinski definition) is 1. The lowest BCUT2D eigenvalue weighted by atomic mass is 9.82. The van der Waals surface area contributed by atoms with Crippen molar-refractivity contribution in [1.29, 1.82) is 0 Å². The van der Waals surface area contributed by atoms with Crippen LogP contribution >= 0.6 is 0 Å². The van der Waals surface area contributed by atoms with Gasteiger partial charge in [-0.25, -0.2) is 0 Å². The third-order valence-electron chi connectivity index (χ3n) is 7.52. The Morgan fingerprint density at radius 2 is 1.00 bits per heavy atom. The molecule has 2 aliphatic carbocycles. The summed E-state index contributed by atoms with van der Waals surface area (Å²) in [7, 11) is 0. The van der Waals surface area contributed by atoms with Gasteiger partial charge in [-0.1, -0.05) is 110 Å². The van der Waals surface area contributed by atoms with Gasteiger partial charge in [-0.3, -0.25) is 4.79 Å². The molecule has 0 spiro atoms. The number of carbonyl (C=O) groups excluding carboxylic acids is 1. The fourth-order valence-electron chi connectivity index (χ4n) is 5.44. The molecule has 2 nitrogen and oxygen atoms in total. The maximum absolute atomic E-state index is 13.1. The van der Waals surface area contributed by atoms with Gasteiger partial charge in [0.2, 0.25) is 5.91 Å². The Labute approximate surface area is 176 Å². The highest BCUT2D eigenvalue weighted by Crippen LogP contribution is 2.29. The Bertz CT molecular complexity index is 381. The molecule has 0 radical (unpaired) electrons. The number of carbonyl (C=O) groups is 1. The van der Waals surface area contributed by atoms with Gasteiger partial charge in [0.05, 0.1) is 0 Å². The Kier molecular flexibility index (Phi) is 12.3. The van der Waals surface area contributed by atoms with Crippen LogP contribution in [0.25, 0.3) is 0 Å². The fourth-order valence-corrected chi connectivity index (χ4v) is 5.44. The van der Waals surface area contributed by atoms with Crippen LogP contribution in [-0.2, 0) is 4.79 Å². The first-order valence-electron chi connectivity index (χ1n) is 13.0. The smallest absolute Gasteiger partial charge is 0.223 e. The van der Waals surface area contributed by atoms with Crippen LogP contribution in [0.2, 0.25) is 0 Å². The molecule has 0 saturated heterocycles. The first kappa shape index (κ1) is 23.7. The second kappa shape index (κ2) is 14.5. The molecule has 0 aromatic heterocycles. The van der Waals surface area contributed by atoms with Gasteiger partial charge in [0.15, 0.2) is 0 Å². The van der Waals surface area contributed by atoms with E-state index < -0.39 is 0 Å². The predicted molar refractivity (Wildman–Crippen MR) is 121 cm³/mol. The second-order valence-electron chi connectivity index (χ2n) is 10.2. The summed E-state index contributed by atoms with van der Waals surface area (Å²) in [6.45, 7) is 4.77. The van der Waals surface area contributed by atoms with Gasteiger partial charge in [0, 0.05) is 12.0 Å². The molecule has 28 heavy (non-hydrogen) atoms. The monoisotopic (exact) mass is 391 g/mol. The van der Waals surface area contributed by atoms with Crippen LogP contribution in [0.4, 0.5) is 0 Å². The number of nitrogens with one attached hydrogen (secondary N) is 1. The molecular weight excluding hydrogens is 342 g/mol. The molecule has 2 rings (SSSR count). The summed E-state index contributed by atoms with van der Waals surface area (Å²) in [5.74, 6) is 2.39. The van der Waals surface area contributed by atoms with E-state index in [0.717, 1.165) is 24.7 Å². The van der Waals surface area contributed by atoms with Crippen LogP contribution in [0.15, 0.2) is 0 Å². The number of rotatable bonds is 3. The van der Waals surface area contributed by atoms with Crippen molar-refractivity contribution in [1.82, 2.24) is 5.32 Å². The van der Waals surface area contributed by atoms with Gasteiger partial charge in [-0.2, -0.15) is 0 Å². The van der Waals surface area contributed by atoms with Crippen molar-refractivity contribution in [3.8, 4) is 0 Å². The summed E-state index contributed by atoms with van der Waals surface area (Å²) < 4.78 is 0. The van der Waals surface area contributed by atoms with Gasteiger partial charge in [0.25, 0.3) is 0 Å². The van der Waals surface area contributed by atoms with Crippen molar-refractivity contribution in [2.75, 3.05) is 0 Å². The minimum atomic E-state index is 0.275. The van der Waals surface area contributed by atoms with Gasteiger partial charge in [0.1, 0.15) is 0 Å². The molecule has 1 N–H and O–H groups in total. The van der Waals surface area contributed by atoms with Crippen LogP contribution in [0.3, 0.4) is 0 Å². The Morgan fingerprint density at radius 3 is 1.46 bits per heavy atom. The van der Waals surface area contributed by atoms with E-state index in [4.69, 9.17) is 0 Å². The molecule has 0 unspecified atom stereocenters. The van der Waals surface area contributed by atoms with Crippen molar-refractivity contribution in [3.05, 3.63) is 0 Å². The Hall–Kier alpha value is -0.530. The standard InChI is InChI=1S/C26H49NO/c1-22(2)23-16-12-14-18-24(19-15-13-17-23)26(28)27-25-20-10-8-6-4-3-5-7-9-11-21-25/h22-25H,3-21H2,1-2H3,(H,27,28). The molecular formula is C26H49NO. The maximum Gasteiger partial charge on any atom is 0.223 e. The van der Waals surface area contributed by atoms with Crippen molar-refractivity contribution in [2.45, 2.75) is 142 Å². The summed E-state index contributed by atoms with van der Waals surface area (Å²) in [5.41, 5.74) is 0. The van der Waals surface area contributed by atoms with Crippen molar-refractivity contribution < 1.29 is 4.79 Å². The zero-order valence-corrected chi connectivity index (χ0v) is 19.2. The average molecular weight is 392 g/mol. The van der Waals surface area contributed by atoms with Crippen LogP contribution in [0, 0.1) is 17.8 Å². The average Bonchev–Trinajstić information content (AvgIpc) is 2.67. The fraction of sp³-hybridized carbons (Fsp3) is 0.962. The van der Waals surface area contributed by atoms with Crippen molar-refractivity contribution in [2.24, 2.45) is 17.8 Å². The van der Waals surface area contributed by atoms with E-state index >= 15 is 0 Å². The molecule has 0 aromatic rings. The minimum Gasteiger partial charge on any atom is -0.353 e. The zero-order chi connectivity index (χ0) is 20.0. The number of hydrogen-bond donors (Lipinski definition) is 1. The van der Waals surface area contributed by atoms with Crippen LogP contribution in [-0.4, -0.2) is 11.9 Å². The highest BCUT2D eigenvalue weighted by molar-refractivity contribution is 5.78. The maximum atomic E-state index is 13.1. The molecule has 164 valence electrons. The van der Waals surface area contributed by atoms with Gasteiger partial charge in [-0.15, -0.1) is 0 Å². The normalized spacial score (nSPS) is 28.1. The number of amides is 1. The largest absolute Gasteiger partial charge is 0.353 e. The van der Waals surface area contributed by atoms with E-state index in [1.54, 1.807) is 0 Å². The molecule has 0 bridgehead atoms. The topological polar surface area (TPSA) is 29.1 Å². The molecule has 0 atom stereocenters. The minimum absolute atomic E-state index is 0.275. The summed E-state index contributed by atoms with van der Waals surface area (Å²) in [5, 5.41) is 3.51. The molecule has 2 saturated carbocycles. The highest BCUT2D eigenvalue weighted by Gasteiger charge is 2.23. The van der Waals surface area contributed by atoms with E-state index in [9.17, 15) is 4.79 Å². The van der Waals surface area contributed by atoms with Crippen molar-refractivity contribution >= 4 is 5.91 Å². The van der Waals surface area contributed by atoms with Gasteiger partial charge >= 0.3 is 0 Å². The molecule has 1 amide bonds. The first-order chi connectivity index (χ1) is 13.7.